The minimum absolute atomic E-state index is 0.176. The van der Waals surface area contributed by atoms with E-state index in [1.165, 1.54) is 0 Å². The molecular formula is C33H49N3O4. The fourth-order valence-electron chi connectivity index (χ4n) is 4.88. The van der Waals surface area contributed by atoms with Crippen LogP contribution >= 0.6 is 0 Å². The molecule has 2 aromatic carbocycles. The number of nitrogens with one attached hydrogen (secondary N) is 2. The van der Waals surface area contributed by atoms with Crippen molar-refractivity contribution in [3.63, 3.8) is 0 Å². The second kappa shape index (κ2) is 14.3. The highest BCUT2D eigenvalue weighted by Crippen LogP contribution is 2.32. The highest BCUT2D eigenvalue weighted by molar-refractivity contribution is 6.00. The number of ether oxygens (including phenoxy) is 1. The van der Waals surface area contributed by atoms with Crippen molar-refractivity contribution in [2.75, 3.05) is 11.9 Å². The minimum Gasteiger partial charge on any atom is -0.444 e. The third-order valence-electron chi connectivity index (χ3n) is 7.29. The van der Waals surface area contributed by atoms with Crippen LogP contribution in [0.4, 0.5) is 10.5 Å². The predicted octanol–water partition coefficient (Wildman–Crippen LogP) is 7.17. The van der Waals surface area contributed by atoms with E-state index in [0.29, 0.717) is 19.4 Å². The van der Waals surface area contributed by atoms with E-state index >= 15 is 0 Å². The Morgan fingerprint density at radius 3 is 1.90 bits per heavy atom. The van der Waals surface area contributed by atoms with Crippen LogP contribution in [-0.2, 0) is 14.3 Å². The number of hydrogen-bond acceptors (Lipinski definition) is 4. The molecule has 0 radical (unpaired) electrons. The fourth-order valence-corrected chi connectivity index (χ4v) is 4.88. The van der Waals surface area contributed by atoms with Crippen LogP contribution in [0.1, 0.15) is 94.7 Å². The van der Waals surface area contributed by atoms with Crippen molar-refractivity contribution < 1.29 is 19.1 Å². The SMILES string of the molecule is CCCCN(C(=O)C(NC(=O)OC(C)(C)C)C(C)CC)C(C(=O)Nc1c(C)cccc1C)c1c(C)cccc1C. The summed E-state index contributed by atoms with van der Waals surface area (Å²) < 4.78 is 5.51. The van der Waals surface area contributed by atoms with Crippen molar-refractivity contribution in [2.24, 2.45) is 5.92 Å². The summed E-state index contributed by atoms with van der Waals surface area (Å²) in [4.78, 5) is 43.2. The van der Waals surface area contributed by atoms with Gasteiger partial charge in [-0.25, -0.2) is 4.79 Å². The molecule has 0 saturated heterocycles. The molecule has 40 heavy (non-hydrogen) atoms. The summed E-state index contributed by atoms with van der Waals surface area (Å²) in [7, 11) is 0. The molecule has 7 heteroatoms. The molecule has 3 amide bonds. The van der Waals surface area contributed by atoms with Gasteiger partial charge in [0.15, 0.2) is 0 Å². The number of aryl methyl sites for hydroxylation is 4. The Hall–Kier alpha value is -3.35. The molecule has 0 fully saturated rings. The molecule has 2 aromatic rings. The first-order valence-corrected chi connectivity index (χ1v) is 14.4. The summed E-state index contributed by atoms with van der Waals surface area (Å²) in [6, 6.07) is 10.0. The molecule has 0 aliphatic rings. The van der Waals surface area contributed by atoms with Crippen LogP contribution < -0.4 is 10.6 Å². The third-order valence-corrected chi connectivity index (χ3v) is 7.29. The van der Waals surface area contributed by atoms with Gasteiger partial charge in [0.05, 0.1) is 0 Å². The Kier molecular flexibility index (Phi) is 11.8. The van der Waals surface area contributed by atoms with Crippen LogP contribution in [0, 0.1) is 33.6 Å². The Morgan fingerprint density at radius 1 is 0.900 bits per heavy atom. The van der Waals surface area contributed by atoms with Gasteiger partial charge in [0.25, 0.3) is 5.91 Å². The number of amides is 3. The summed E-state index contributed by atoms with van der Waals surface area (Å²) in [5.74, 6) is -0.748. The van der Waals surface area contributed by atoms with Gasteiger partial charge in [0.1, 0.15) is 17.7 Å². The number of carbonyl (C=O) groups is 3. The molecule has 7 nitrogen and oxygen atoms in total. The van der Waals surface area contributed by atoms with Crippen molar-refractivity contribution in [3.05, 3.63) is 64.2 Å². The van der Waals surface area contributed by atoms with Crippen molar-refractivity contribution >= 4 is 23.6 Å². The maximum absolute atomic E-state index is 14.5. The first-order valence-electron chi connectivity index (χ1n) is 14.4. The van der Waals surface area contributed by atoms with Crippen LogP contribution in [0.5, 0.6) is 0 Å². The standard InChI is InChI=1S/C33H49N3O4/c1-11-13-20-36(31(38)28(21(3)12-2)35-32(39)40-33(8,9)10)29(26-22(4)16-14-17-23(26)5)30(37)34-27-24(6)18-15-19-25(27)7/h14-19,21,28-29H,11-13,20H2,1-10H3,(H,34,37)(H,35,39). The summed E-state index contributed by atoms with van der Waals surface area (Å²) >= 11 is 0. The number of hydrogen-bond donors (Lipinski definition) is 2. The Labute approximate surface area is 241 Å². The average Bonchev–Trinajstić information content (AvgIpc) is 2.86. The highest BCUT2D eigenvalue weighted by atomic mass is 16.6. The normalized spacial score (nSPS) is 13.7. The van der Waals surface area contributed by atoms with E-state index in [1.807, 2.05) is 77.9 Å². The van der Waals surface area contributed by atoms with Gasteiger partial charge in [0.2, 0.25) is 5.91 Å². The number of benzene rings is 2. The number of unbranched alkanes of at least 4 members (excludes halogenated alkanes) is 1. The van der Waals surface area contributed by atoms with Gasteiger partial charge in [-0.15, -0.1) is 0 Å². The van der Waals surface area contributed by atoms with Crippen LogP contribution in [0.15, 0.2) is 36.4 Å². The minimum atomic E-state index is -0.883. The molecule has 2 rings (SSSR count). The zero-order valence-corrected chi connectivity index (χ0v) is 26.1. The molecule has 0 aliphatic heterocycles. The lowest BCUT2D eigenvalue weighted by Crippen LogP contribution is -2.55. The number of alkyl carbamates (subject to hydrolysis) is 1. The van der Waals surface area contributed by atoms with Gasteiger partial charge in [-0.05, 0) is 88.6 Å². The largest absolute Gasteiger partial charge is 0.444 e. The number of nitrogens with zero attached hydrogens (tertiary/aromatic N) is 1. The maximum Gasteiger partial charge on any atom is 0.408 e. The first kappa shape index (κ1) is 32.9. The maximum atomic E-state index is 14.5. The number of carbonyl (C=O) groups excluding carboxylic acids is 3. The lowest BCUT2D eigenvalue weighted by molar-refractivity contribution is -0.142. The van der Waals surface area contributed by atoms with Crippen molar-refractivity contribution in [1.29, 1.82) is 0 Å². The summed E-state index contributed by atoms with van der Waals surface area (Å²) in [5.41, 5.74) is 4.59. The van der Waals surface area contributed by atoms with E-state index in [9.17, 15) is 14.4 Å². The summed E-state index contributed by atoms with van der Waals surface area (Å²) in [6.45, 7) is 19.6. The molecule has 0 spiro atoms. The van der Waals surface area contributed by atoms with Crippen molar-refractivity contribution in [2.45, 2.75) is 106 Å². The van der Waals surface area contributed by atoms with Crippen LogP contribution in [0.25, 0.3) is 0 Å². The fraction of sp³-hybridized carbons (Fsp3) is 0.545. The van der Waals surface area contributed by atoms with Gasteiger partial charge >= 0.3 is 6.09 Å². The molecule has 0 aromatic heterocycles. The molecule has 0 heterocycles. The number of para-hydroxylation sites is 1. The molecule has 3 atom stereocenters. The monoisotopic (exact) mass is 551 g/mol. The van der Waals surface area contributed by atoms with E-state index in [1.54, 1.807) is 25.7 Å². The van der Waals surface area contributed by atoms with Gasteiger partial charge in [-0.3, -0.25) is 9.59 Å². The van der Waals surface area contributed by atoms with E-state index in [2.05, 4.69) is 17.6 Å². The molecule has 2 N–H and O–H groups in total. The second-order valence-corrected chi connectivity index (χ2v) is 11.9. The Balaban J connectivity index is 2.66. The van der Waals surface area contributed by atoms with E-state index < -0.39 is 23.8 Å². The molecule has 0 bridgehead atoms. The Morgan fingerprint density at radius 2 is 1.43 bits per heavy atom. The van der Waals surface area contributed by atoms with Gasteiger partial charge < -0.3 is 20.3 Å². The summed E-state index contributed by atoms with van der Waals surface area (Å²) in [5, 5.41) is 5.99. The lowest BCUT2D eigenvalue weighted by Gasteiger charge is -2.37. The van der Waals surface area contributed by atoms with E-state index in [4.69, 9.17) is 4.74 Å². The van der Waals surface area contributed by atoms with Gasteiger partial charge in [0, 0.05) is 12.2 Å². The van der Waals surface area contributed by atoms with E-state index in [-0.39, 0.29) is 17.7 Å². The molecule has 220 valence electrons. The zero-order chi connectivity index (χ0) is 30.2. The third kappa shape index (κ3) is 8.57. The molecular weight excluding hydrogens is 502 g/mol. The first-order chi connectivity index (χ1) is 18.7. The topological polar surface area (TPSA) is 87.7 Å². The Bertz CT molecular complexity index is 1140. The van der Waals surface area contributed by atoms with Gasteiger partial charge in [-0.1, -0.05) is 70.0 Å². The van der Waals surface area contributed by atoms with Crippen molar-refractivity contribution in [3.8, 4) is 0 Å². The predicted molar refractivity (Wildman–Crippen MR) is 162 cm³/mol. The zero-order valence-electron chi connectivity index (χ0n) is 26.1. The van der Waals surface area contributed by atoms with Gasteiger partial charge in [-0.2, -0.15) is 0 Å². The molecule has 0 aliphatic carbocycles. The van der Waals surface area contributed by atoms with Crippen LogP contribution in [0.2, 0.25) is 0 Å². The lowest BCUT2D eigenvalue weighted by atomic mass is 9.91. The van der Waals surface area contributed by atoms with Crippen LogP contribution in [-0.4, -0.2) is 41.0 Å². The smallest absolute Gasteiger partial charge is 0.408 e. The quantitative estimate of drug-likeness (QED) is 0.310. The van der Waals surface area contributed by atoms with Crippen molar-refractivity contribution in [1.82, 2.24) is 10.2 Å². The second-order valence-electron chi connectivity index (χ2n) is 11.9. The number of anilines is 1. The number of rotatable bonds is 11. The average molecular weight is 552 g/mol. The van der Waals surface area contributed by atoms with Crippen LogP contribution in [0.3, 0.4) is 0 Å². The van der Waals surface area contributed by atoms with E-state index in [0.717, 1.165) is 39.9 Å². The highest BCUT2D eigenvalue weighted by Gasteiger charge is 2.39. The summed E-state index contributed by atoms with van der Waals surface area (Å²) in [6.07, 6.45) is 1.57. The molecule has 3 unspecified atom stereocenters. The molecule has 0 saturated carbocycles.